The summed E-state index contributed by atoms with van der Waals surface area (Å²) < 4.78 is 5.05. The van der Waals surface area contributed by atoms with E-state index in [1.54, 1.807) is 13.2 Å². The maximum absolute atomic E-state index is 12.2. The van der Waals surface area contributed by atoms with E-state index in [1.807, 2.05) is 26.0 Å². The third kappa shape index (κ3) is 5.04. The molecule has 0 aliphatic rings. The van der Waals surface area contributed by atoms with Gasteiger partial charge in [-0.25, -0.2) is 0 Å². The van der Waals surface area contributed by atoms with Crippen LogP contribution in [-0.2, 0) is 4.74 Å². The second kappa shape index (κ2) is 8.36. The van der Waals surface area contributed by atoms with Crippen molar-refractivity contribution in [3.63, 3.8) is 0 Å². The number of rotatable bonds is 5. The van der Waals surface area contributed by atoms with Crippen LogP contribution in [0.5, 0.6) is 0 Å². The highest BCUT2D eigenvalue weighted by molar-refractivity contribution is 5.96. The van der Waals surface area contributed by atoms with E-state index in [-0.39, 0.29) is 11.8 Å². The number of carbonyl (C=O) groups is 1. The Kier molecular flexibility index (Phi) is 6.78. The van der Waals surface area contributed by atoms with Gasteiger partial charge in [0, 0.05) is 24.8 Å². The van der Waals surface area contributed by atoms with Gasteiger partial charge < -0.3 is 15.8 Å². The fraction of sp³-hybridized carbons (Fsp3) is 0.438. The zero-order valence-electron chi connectivity index (χ0n) is 12.3. The zero-order chi connectivity index (χ0) is 15.0. The summed E-state index contributed by atoms with van der Waals surface area (Å²) >= 11 is 0. The molecule has 1 unspecified atom stereocenters. The van der Waals surface area contributed by atoms with Crippen molar-refractivity contribution >= 4 is 5.91 Å². The first-order chi connectivity index (χ1) is 9.58. The molecule has 1 atom stereocenters. The standard InChI is InChI=1S/C16H22N2O2/c1-12(11-20-3)10-18-16(19)15-9-14(5-4-8-17)7-6-13(15)2/h6-7,9,12H,8,10-11,17H2,1-3H3,(H,18,19). The number of aryl methyl sites for hydroxylation is 1. The monoisotopic (exact) mass is 274 g/mol. The minimum absolute atomic E-state index is 0.0816. The Balaban J connectivity index is 2.76. The highest BCUT2D eigenvalue weighted by Crippen LogP contribution is 2.11. The van der Waals surface area contributed by atoms with Gasteiger partial charge in [0.1, 0.15) is 0 Å². The van der Waals surface area contributed by atoms with Gasteiger partial charge in [-0.15, -0.1) is 0 Å². The predicted octanol–water partition coefficient (Wildman–Crippen LogP) is 1.32. The Labute approximate surface area is 120 Å². The third-order valence-electron chi connectivity index (χ3n) is 2.88. The van der Waals surface area contributed by atoms with E-state index >= 15 is 0 Å². The second-order valence-corrected chi connectivity index (χ2v) is 4.81. The van der Waals surface area contributed by atoms with Crippen molar-refractivity contribution in [2.45, 2.75) is 13.8 Å². The van der Waals surface area contributed by atoms with Crippen LogP contribution < -0.4 is 11.1 Å². The summed E-state index contributed by atoms with van der Waals surface area (Å²) in [7, 11) is 1.65. The van der Waals surface area contributed by atoms with Crippen molar-refractivity contribution in [2.24, 2.45) is 11.7 Å². The van der Waals surface area contributed by atoms with Gasteiger partial charge in [0.2, 0.25) is 0 Å². The predicted molar refractivity (Wildman–Crippen MR) is 80.5 cm³/mol. The molecule has 0 spiro atoms. The molecule has 20 heavy (non-hydrogen) atoms. The molecule has 0 aliphatic carbocycles. The van der Waals surface area contributed by atoms with Gasteiger partial charge in [-0.3, -0.25) is 4.79 Å². The summed E-state index contributed by atoms with van der Waals surface area (Å²) in [4.78, 5) is 12.2. The van der Waals surface area contributed by atoms with E-state index in [0.717, 1.165) is 11.1 Å². The summed E-state index contributed by atoms with van der Waals surface area (Å²) in [6.45, 7) is 5.46. The number of amides is 1. The molecule has 0 saturated heterocycles. The highest BCUT2D eigenvalue weighted by atomic mass is 16.5. The fourth-order valence-corrected chi connectivity index (χ4v) is 1.80. The van der Waals surface area contributed by atoms with E-state index in [9.17, 15) is 4.79 Å². The van der Waals surface area contributed by atoms with Crippen LogP contribution in [-0.4, -0.2) is 32.7 Å². The summed E-state index contributed by atoms with van der Waals surface area (Å²) in [5.74, 6) is 5.92. The van der Waals surface area contributed by atoms with Crippen molar-refractivity contribution in [2.75, 3.05) is 26.8 Å². The molecule has 108 valence electrons. The Hall–Kier alpha value is -1.83. The minimum atomic E-state index is -0.0816. The van der Waals surface area contributed by atoms with Gasteiger partial charge in [0.15, 0.2) is 0 Å². The van der Waals surface area contributed by atoms with Crippen molar-refractivity contribution in [1.29, 1.82) is 0 Å². The van der Waals surface area contributed by atoms with Crippen molar-refractivity contribution in [3.8, 4) is 11.8 Å². The maximum atomic E-state index is 12.2. The molecule has 0 aliphatic heterocycles. The summed E-state index contributed by atoms with van der Waals surface area (Å²) in [5, 5.41) is 2.92. The summed E-state index contributed by atoms with van der Waals surface area (Å²) in [5.41, 5.74) is 7.73. The smallest absolute Gasteiger partial charge is 0.251 e. The highest BCUT2D eigenvalue weighted by Gasteiger charge is 2.10. The molecular weight excluding hydrogens is 252 g/mol. The van der Waals surface area contributed by atoms with Crippen LogP contribution in [0.2, 0.25) is 0 Å². The molecular formula is C16H22N2O2. The van der Waals surface area contributed by atoms with Crippen LogP contribution in [0.3, 0.4) is 0 Å². The molecule has 0 fully saturated rings. The number of benzene rings is 1. The van der Waals surface area contributed by atoms with Crippen LogP contribution in [0, 0.1) is 24.7 Å². The number of methoxy groups -OCH3 is 1. The van der Waals surface area contributed by atoms with E-state index in [4.69, 9.17) is 10.5 Å². The van der Waals surface area contributed by atoms with E-state index in [1.165, 1.54) is 0 Å². The topological polar surface area (TPSA) is 64.3 Å². The second-order valence-electron chi connectivity index (χ2n) is 4.81. The Bertz CT molecular complexity index is 515. The van der Waals surface area contributed by atoms with Crippen molar-refractivity contribution in [3.05, 3.63) is 34.9 Å². The molecule has 1 rings (SSSR count). The lowest BCUT2D eigenvalue weighted by atomic mass is 10.0. The van der Waals surface area contributed by atoms with Crippen molar-refractivity contribution in [1.82, 2.24) is 5.32 Å². The van der Waals surface area contributed by atoms with Gasteiger partial charge in [-0.05, 0) is 30.5 Å². The maximum Gasteiger partial charge on any atom is 0.251 e. The van der Waals surface area contributed by atoms with Gasteiger partial charge in [0.05, 0.1) is 13.2 Å². The quantitative estimate of drug-likeness (QED) is 0.796. The van der Waals surface area contributed by atoms with Crippen LogP contribution in [0.4, 0.5) is 0 Å². The van der Waals surface area contributed by atoms with Crippen LogP contribution >= 0.6 is 0 Å². The average molecular weight is 274 g/mol. The lowest BCUT2D eigenvalue weighted by Crippen LogP contribution is -2.30. The third-order valence-corrected chi connectivity index (χ3v) is 2.88. The molecule has 0 bridgehead atoms. The lowest BCUT2D eigenvalue weighted by Gasteiger charge is -2.12. The van der Waals surface area contributed by atoms with E-state index in [2.05, 4.69) is 17.2 Å². The number of hydrogen-bond donors (Lipinski definition) is 2. The van der Waals surface area contributed by atoms with Gasteiger partial charge >= 0.3 is 0 Å². The Morgan fingerprint density at radius 1 is 1.50 bits per heavy atom. The summed E-state index contributed by atoms with van der Waals surface area (Å²) in [6.07, 6.45) is 0. The SMILES string of the molecule is COCC(C)CNC(=O)c1cc(C#CCN)ccc1C. The molecule has 0 heterocycles. The number of nitrogens with one attached hydrogen (secondary N) is 1. The molecule has 3 N–H and O–H groups in total. The molecule has 4 nitrogen and oxygen atoms in total. The first-order valence-electron chi connectivity index (χ1n) is 6.65. The average Bonchev–Trinajstić information content (AvgIpc) is 2.44. The van der Waals surface area contributed by atoms with Crippen LogP contribution in [0.15, 0.2) is 18.2 Å². The van der Waals surface area contributed by atoms with Crippen LogP contribution in [0.25, 0.3) is 0 Å². The van der Waals surface area contributed by atoms with E-state index in [0.29, 0.717) is 25.3 Å². The fourth-order valence-electron chi connectivity index (χ4n) is 1.80. The zero-order valence-corrected chi connectivity index (χ0v) is 12.3. The molecule has 4 heteroatoms. The normalized spacial score (nSPS) is 11.4. The van der Waals surface area contributed by atoms with Gasteiger partial charge in [-0.2, -0.15) is 0 Å². The number of nitrogens with two attached hydrogens (primary N) is 1. The molecule has 1 aromatic carbocycles. The summed E-state index contributed by atoms with van der Waals surface area (Å²) in [6, 6.07) is 5.59. The number of carbonyl (C=O) groups excluding carboxylic acids is 1. The van der Waals surface area contributed by atoms with Gasteiger partial charge in [0.25, 0.3) is 5.91 Å². The first kappa shape index (κ1) is 16.2. The van der Waals surface area contributed by atoms with Gasteiger partial charge in [-0.1, -0.05) is 24.8 Å². The Morgan fingerprint density at radius 2 is 2.25 bits per heavy atom. The minimum Gasteiger partial charge on any atom is -0.384 e. The largest absolute Gasteiger partial charge is 0.384 e. The first-order valence-corrected chi connectivity index (χ1v) is 6.65. The molecule has 1 aromatic rings. The van der Waals surface area contributed by atoms with E-state index < -0.39 is 0 Å². The molecule has 0 radical (unpaired) electrons. The number of ether oxygens (including phenoxy) is 1. The lowest BCUT2D eigenvalue weighted by molar-refractivity contribution is 0.0933. The molecule has 0 aromatic heterocycles. The van der Waals surface area contributed by atoms with Crippen molar-refractivity contribution < 1.29 is 9.53 Å². The molecule has 0 saturated carbocycles. The molecule has 1 amide bonds. The van der Waals surface area contributed by atoms with Crippen LogP contribution in [0.1, 0.15) is 28.4 Å². The Morgan fingerprint density at radius 3 is 2.90 bits per heavy atom. The number of hydrogen-bond acceptors (Lipinski definition) is 3.